The summed E-state index contributed by atoms with van der Waals surface area (Å²) in [4.78, 5) is 28.5. The van der Waals surface area contributed by atoms with Gasteiger partial charge in [0.25, 0.3) is 5.91 Å². The molecule has 1 unspecified atom stereocenters. The Morgan fingerprint density at radius 3 is 2.79 bits per heavy atom. The predicted molar refractivity (Wildman–Crippen MR) is 105 cm³/mol. The molecule has 0 saturated heterocycles. The van der Waals surface area contributed by atoms with E-state index in [9.17, 15) is 14.7 Å². The third kappa shape index (κ3) is 5.03. The molecule has 3 aromatic rings. The molecule has 3 N–H and O–H groups in total. The second kappa shape index (κ2) is 9.58. The Morgan fingerprint density at radius 1 is 1.24 bits per heavy atom. The number of anilines is 1. The molecule has 10 nitrogen and oxygen atoms in total. The van der Waals surface area contributed by atoms with Crippen LogP contribution in [0.5, 0.6) is 0 Å². The van der Waals surface area contributed by atoms with Crippen LogP contribution in [0.1, 0.15) is 55.4 Å². The summed E-state index contributed by atoms with van der Waals surface area (Å²) < 4.78 is 1.52. The zero-order valence-electron chi connectivity index (χ0n) is 16.1. The van der Waals surface area contributed by atoms with Crippen molar-refractivity contribution in [3.05, 3.63) is 42.4 Å². The minimum Gasteiger partial charge on any atom is -0.480 e. The van der Waals surface area contributed by atoms with E-state index in [4.69, 9.17) is 0 Å². The van der Waals surface area contributed by atoms with E-state index in [0.717, 1.165) is 25.7 Å². The molecule has 2 aromatic heterocycles. The van der Waals surface area contributed by atoms with E-state index in [2.05, 4.69) is 37.8 Å². The summed E-state index contributed by atoms with van der Waals surface area (Å²) in [6.45, 7) is 2.11. The molecule has 0 bridgehead atoms. The molecule has 0 saturated carbocycles. The first-order valence-corrected chi connectivity index (χ1v) is 9.51. The number of imidazole rings is 1. The number of aromatic nitrogens is 6. The summed E-state index contributed by atoms with van der Waals surface area (Å²) in [6, 6.07) is 6.18. The van der Waals surface area contributed by atoms with Crippen molar-refractivity contribution in [2.24, 2.45) is 0 Å². The fourth-order valence-corrected chi connectivity index (χ4v) is 3.08. The normalized spacial score (nSPS) is 11.9. The van der Waals surface area contributed by atoms with Crippen LogP contribution in [0.3, 0.4) is 0 Å². The number of aromatic amines is 1. The van der Waals surface area contributed by atoms with E-state index in [0.29, 0.717) is 23.4 Å². The third-order valence-electron chi connectivity index (χ3n) is 4.59. The minimum atomic E-state index is -0.917. The number of nitrogens with zero attached hydrogens (tertiary/aromatic N) is 5. The number of rotatable bonds is 10. The summed E-state index contributed by atoms with van der Waals surface area (Å²) in [5.74, 6) is -0.656. The average Bonchev–Trinajstić information content (AvgIpc) is 3.40. The molecule has 2 heterocycles. The molecule has 3 rings (SSSR count). The number of unbranched alkanes of at least 4 members (excludes halogenated alkanes) is 3. The van der Waals surface area contributed by atoms with Crippen molar-refractivity contribution in [1.82, 2.24) is 30.2 Å². The molecule has 0 aliphatic rings. The van der Waals surface area contributed by atoms with Crippen molar-refractivity contribution in [3.8, 4) is 11.4 Å². The highest BCUT2D eigenvalue weighted by Crippen LogP contribution is 2.22. The number of carboxylic acids is 1. The fourth-order valence-electron chi connectivity index (χ4n) is 3.08. The van der Waals surface area contributed by atoms with Gasteiger partial charge in [-0.05, 0) is 22.9 Å². The molecule has 0 aliphatic heterocycles. The lowest BCUT2D eigenvalue weighted by Gasteiger charge is -2.13. The quantitative estimate of drug-likeness (QED) is 0.447. The molecule has 0 spiro atoms. The van der Waals surface area contributed by atoms with Crippen LogP contribution in [0, 0.1) is 0 Å². The Morgan fingerprint density at radius 2 is 2.07 bits per heavy atom. The summed E-state index contributed by atoms with van der Waals surface area (Å²) >= 11 is 0. The largest absolute Gasteiger partial charge is 0.480 e. The highest BCUT2D eigenvalue weighted by Gasteiger charge is 2.21. The zero-order chi connectivity index (χ0) is 20.6. The molecule has 0 fully saturated rings. The number of nitrogens with one attached hydrogen (secondary N) is 2. The molecular formula is C19H23N7O3. The number of tetrazole rings is 1. The smallest absolute Gasteiger partial charge is 0.326 e. The van der Waals surface area contributed by atoms with Crippen molar-refractivity contribution in [2.75, 3.05) is 5.32 Å². The number of carbonyl (C=O) groups is 2. The molecule has 1 atom stereocenters. The number of hydrogen-bond donors (Lipinski definition) is 3. The maximum Gasteiger partial charge on any atom is 0.326 e. The van der Waals surface area contributed by atoms with Crippen molar-refractivity contribution in [2.45, 2.75) is 45.1 Å². The fraction of sp³-hybridized carbons (Fsp3) is 0.368. The molecule has 0 radical (unpaired) electrons. The van der Waals surface area contributed by atoms with Crippen LogP contribution >= 0.6 is 0 Å². The molecule has 10 heteroatoms. The Labute approximate surface area is 167 Å². The van der Waals surface area contributed by atoms with Crippen molar-refractivity contribution >= 4 is 17.7 Å². The number of carbonyl (C=O) groups excluding carboxylic acids is 1. The van der Waals surface area contributed by atoms with Crippen LogP contribution in [0.25, 0.3) is 11.4 Å². The molecular weight excluding hydrogens is 374 g/mol. The molecule has 152 valence electrons. The number of aliphatic carboxylic acids is 1. The first kappa shape index (κ1) is 20.2. The van der Waals surface area contributed by atoms with Crippen molar-refractivity contribution in [1.29, 1.82) is 0 Å². The van der Waals surface area contributed by atoms with Crippen LogP contribution in [-0.2, 0) is 4.79 Å². The number of hydrogen-bond acceptors (Lipinski definition) is 6. The number of carboxylic acid groups (broad SMARTS) is 1. The first-order valence-electron chi connectivity index (χ1n) is 9.51. The summed E-state index contributed by atoms with van der Waals surface area (Å²) in [5.41, 5.74) is 0.920. The van der Waals surface area contributed by atoms with E-state index in [1.807, 2.05) is 0 Å². The Hall–Kier alpha value is -3.56. The Bertz CT molecular complexity index is 952. The highest BCUT2D eigenvalue weighted by molar-refractivity contribution is 6.07. The van der Waals surface area contributed by atoms with Crippen LogP contribution in [-0.4, -0.2) is 47.2 Å². The van der Waals surface area contributed by atoms with Gasteiger partial charge in [0.1, 0.15) is 6.04 Å². The molecule has 1 aromatic carbocycles. The Balaban J connectivity index is 1.71. The van der Waals surface area contributed by atoms with Crippen molar-refractivity contribution < 1.29 is 14.7 Å². The first-order chi connectivity index (χ1) is 14.1. The highest BCUT2D eigenvalue weighted by atomic mass is 16.4. The van der Waals surface area contributed by atoms with Gasteiger partial charge >= 0.3 is 5.97 Å². The molecule has 29 heavy (non-hydrogen) atoms. The summed E-state index contributed by atoms with van der Waals surface area (Å²) in [5, 5.41) is 25.8. The number of amides is 1. The minimum absolute atomic E-state index is 0.278. The van der Waals surface area contributed by atoms with Gasteiger partial charge in [0.15, 0.2) is 11.6 Å². The second-order valence-electron chi connectivity index (χ2n) is 6.66. The van der Waals surface area contributed by atoms with E-state index in [-0.39, 0.29) is 5.82 Å². The molecule has 1 amide bonds. The summed E-state index contributed by atoms with van der Waals surface area (Å²) in [7, 11) is 0. The third-order valence-corrected chi connectivity index (χ3v) is 4.59. The topological polar surface area (TPSA) is 139 Å². The maximum atomic E-state index is 12.7. The van der Waals surface area contributed by atoms with E-state index in [1.54, 1.807) is 24.3 Å². The summed E-state index contributed by atoms with van der Waals surface area (Å²) in [6.07, 6.45) is 7.47. The lowest BCUT2D eigenvalue weighted by molar-refractivity contribution is -0.141. The zero-order valence-corrected chi connectivity index (χ0v) is 16.1. The molecule has 0 aliphatic carbocycles. The van der Waals surface area contributed by atoms with Gasteiger partial charge in [-0.1, -0.05) is 50.8 Å². The van der Waals surface area contributed by atoms with Gasteiger partial charge in [0.05, 0.1) is 11.9 Å². The van der Waals surface area contributed by atoms with E-state index < -0.39 is 17.9 Å². The van der Waals surface area contributed by atoms with Gasteiger partial charge in [0, 0.05) is 11.8 Å². The van der Waals surface area contributed by atoms with Gasteiger partial charge < -0.3 is 15.0 Å². The van der Waals surface area contributed by atoms with Crippen LogP contribution in [0.2, 0.25) is 0 Å². The maximum absolute atomic E-state index is 12.7. The second-order valence-corrected chi connectivity index (χ2v) is 6.66. The Kier molecular flexibility index (Phi) is 6.67. The lowest BCUT2D eigenvalue weighted by atomic mass is 10.1. The average molecular weight is 397 g/mol. The van der Waals surface area contributed by atoms with E-state index >= 15 is 0 Å². The van der Waals surface area contributed by atoms with Gasteiger partial charge in [-0.3, -0.25) is 4.79 Å². The van der Waals surface area contributed by atoms with Crippen LogP contribution in [0.4, 0.5) is 5.82 Å². The lowest BCUT2D eigenvalue weighted by Crippen LogP contribution is -2.18. The predicted octanol–water partition coefficient (Wildman–Crippen LogP) is 2.91. The van der Waals surface area contributed by atoms with E-state index in [1.165, 1.54) is 17.1 Å². The van der Waals surface area contributed by atoms with Gasteiger partial charge in [-0.25, -0.2) is 14.9 Å². The number of benzene rings is 1. The van der Waals surface area contributed by atoms with Crippen molar-refractivity contribution in [3.63, 3.8) is 0 Å². The number of H-pyrrole nitrogens is 1. The standard InChI is InChI=1S/C19H23N7O3/c1-2-3-4-5-10-15(19(28)29)26-11-16(20-12-26)21-18(27)14-9-7-6-8-13(14)17-22-24-25-23-17/h6-9,11-12,15H,2-5,10H2,1H3,(H,21,27)(H,28,29)(H,22,23,24,25). The SMILES string of the molecule is CCCCCCC(C(=O)O)n1cnc(NC(=O)c2ccccc2-c2nnn[nH]2)c1. The monoisotopic (exact) mass is 397 g/mol. The van der Waals surface area contributed by atoms with Gasteiger partial charge in [0.2, 0.25) is 0 Å². The van der Waals surface area contributed by atoms with Crippen LogP contribution in [0.15, 0.2) is 36.8 Å². The van der Waals surface area contributed by atoms with Gasteiger partial charge in [-0.15, -0.1) is 5.10 Å². The van der Waals surface area contributed by atoms with Crippen LogP contribution < -0.4 is 5.32 Å². The van der Waals surface area contributed by atoms with Gasteiger partial charge in [-0.2, -0.15) is 0 Å².